The lowest BCUT2D eigenvalue weighted by Crippen LogP contribution is -2.23. The fraction of sp³-hybridized carbons (Fsp3) is 0.222. The highest BCUT2D eigenvalue weighted by molar-refractivity contribution is 5.76. The Morgan fingerprint density at radius 2 is 1.85 bits per heavy atom. The molecule has 2 unspecified atom stereocenters. The first-order valence-electron chi connectivity index (χ1n) is 10.6. The van der Waals surface area contributed by atoms with Crippen LogP contribution in [0.1, 0.15) is 36.8 Å². The molecule has 3 rings (SSSR count). The van der Waals surface area contributed by atoms with Crippen molar-refractivity contribution in [1.29, 1.82) is 5.26 Å². The quantitative estimate of drug-likeness (QED) is 0.375. The molecule has 168 valence electrons. The molecular weight excluding hydrogens is 419 g/mol. The number of aromatic nitrogens is 1. The molecule has 0 aliphatic rings. The van der Waals surface area contributed by atoms with Crippen LogP contribution in [-0.4, -0.2) is 11.0 Å². The van der Waals surface area contributed by atoms with Crippen LogP contribution < -0.4 is 4.74 Å². The van der Waals surface area contributed by atoms with Crippen molar-refractivity contribution in [2.24, 2.45) is 11.8 Å². The van der Waals surface area contributed by atoms with Crippen LogP contribution in [0.15, 0.2) is 72.8 Å². The number of ether oxygens (including phenoxy) is 2. The van der Waals surface area contributed by atoms with E-state index in [-0.39, 0.29) is 23.3 Å². The van der Waals surface area contributed by atoms with Gasteiger partial charge in [0.15, 0.2) is 0 Å². The zero-order chi connectivity index (χ0) is 23.8. The number of aryl methyl sites for hydroxylation is 1. The predicted octanol–water partition coefficient (Wildman–Crippen LogP) is 6.41. The van der Waals surface area contributed by atoms with Crippen LogP contribution in [0.4, 0.5) is 4.39 Å². The molecule has 0 aliphatic carbocycles. The number of carbonyl (C=O) groups excluding carboxylic acids is 1. The van der Waals surface area contributed by atoms with Gasteiger partial charge < -0.3 is 9.47 Å². The lowest BCUT2D eigenvalue weighted by Gasteiger charge is -2.18. The fourth-order valence-electron chi connectivity index (χ4n) is 3.09. The first kappa shape index (κ1) is 23.7. The van der Waals surface area contributed by atoms with Gasteiger partial charge in [-0.15, -0.1) is 0 Å². The van der Waals surface area contributed by atoms with Crippen LogP contribution in [0, 0.1) is 35.9 Å². The molecule has 6 heteroatoms. The molecule has 1 heterocycles. The molecule has 0 saturated heterocycles. The van der Waals surface area contributed by atoms with Gasteiger partial charge in [0.2, 0.25) is 12.0 Å². The molecular formula is C27H25FN2O3. The lowest BCUT2D eigenvalue weighted by molar-refractivity contribution is -0.151. The molecule has 33 heavy (non-hydrogen) atoms. The van der Waals surface area contributed by atoms with E-state index in [4.69, 9.17) is 9.47 Å². The number of halogens is 1. The largest absolute Gasteiger partial charge is 0.440 e. The first-order chi connectivity index (χ1) is 15.9. The highest BCUT2D eigenvalue weighted by Gasteiger charge is 2.26. The molecule has 2 atom stereocenters. The number of rotatable bonds is 8. The Morgan fingerprint density at radius 1 is 1.09 bits per heavy atom. The van der Waals surface area contributed by atoms with Crippen LogP contribution >= 0.6 is 0 Å². The van der Waals surface area contributed by atoms with Crippen LogP contribution in [0.25, 0.3) is 6.08 Å². The van der Waals surface area contributed by atoms with E-state index < -0.39 is 18.0 Å². The summed E-state index contributed by atoms with van der Waals surface area (Å²) in [6.07, 6.45) is 2.17. The van der Waals surface area contributed by atoms with Crippen molar-refractivity contribution in [2.45, 2.75) is 26.9 Å². The minimum absolute atomic E-state index is 0.0934. The number of esters is 1. The standard InChI is InChI=1S/C27H25FN2O3/c1-18(2)22(15-14-20-13-12-19(3)23(28)16-20)27(31)33-25(17-29)24-10-7-11-26(30-24)32-21-8-5-4-6-9-21/h4-16,18,22,25H,1-3H3. The molecule has 2 aromatic carbocycles. The summed E-state index contributed by atoms with van der Waals surface area (Å²) in [7, 11) is 0. The van der Waals surface area contributed by atoms with Crippen molar-refractivity contribution >= 4 is 12.0 Å². The highest BCUT2D eigenvalue weighted by atomic mass is 19.1. The van der Waals surface area contributed by atoms with Gasteiger partial charge in [-0.2, -0.15) is 5.26 Å². The average Bonchev–Trinajstić information content (AvgIpc) is 2.80. The summed E-state index contributed by atoms with van der Waals surface area (Å²) in [5.41, 5.74) is 1.46. The minimum Gasteiger partial charge on any atom is -0.440 e. The van der Waals surface area contributed by atoms with Gasteiger partial charge in [-0.3, -0.25) is 4.79 Å². The van der Waals surface area contributed by atoms with Crippen molar-refractivity contribution in [3.8, 4) is 17.7 Å². The summed E-state index contributed by atoms with van der Waals surface area (Å²) >= 11 is 0. The zero-order valence-corrected chi connectivity index (χ0v) is 18.7. The maximum absolute atomic E-state index is 13.8. The maximum Gasteiger partial charge on any atom is 0.314 e. The molecule has 0 bridgehead atoms. The van der Waals surface area contributed by atoms with Crippen molar-refractivity contribution < 1.29 is 18.7 Å². The topological polar surface area (TPSA) is 72.2 Å². The Balaban J connectivity index is 1.74. The number of carbonyl (C=O) groups is 1. The molecule has 0 fully saturated rings. The van der Waals surface area contributed by atoms with E-state index in [0.717, 1.165) is 0 Å². The zero-order valence-electron chi connectivity index (χ0n) is 18.7. The van der Waals surface area contributed by atoms with Crippen LogP contribution in [0.5, 0.6) is 11.6 Å². The van der Waals surface area contributed by atoms with E-state index in [0.29, 0.717) is 16.9 Å². The van der Waals surface area contributed by atoms with Gasteiger partial charge in [-0.1, -0.05) is 62.4 Å². The van der Waals surface area contributed by atoms with Crippen molar-refractivity contribution in [3.05, 3.63) is 95.4 Å². The molecule has 0 radical (unpaired) electrons. The number of hydrogen-bond acceptors (Lipinski definition) is 5. The molecule has 0 amide bonds. The molecule has 5 nitrogen and oxygen atoms in total. The third-order valence-electron chi connectivity index (χ3n) is 5.01. The van der Waals surface area contributed by atoms with E-state index in [1.54, 1.807) is 61.5 Å². The van der Waals surface area contributed by atoms with Gasteiger partial charge in [-0.05, 0) is 48.2 Å². The van der Waals surface area contributed by atoms with Gasteiger partial charge >= 0.3 is 5.97 Å². The summed E-state index contributed by atoms with van der Waals surface area (Å²) in [6.45, 7) is 5.44. The van der Waals surface area contributed by atoms with E-state index in [1.165, 1.54) is 6.07 Å². The van der Waals surface area contributed by atoms with Gasteiger partial charge in [0.05, 0.1) is 11.6 Å². The van der Waals surface area contributed by atoms with Gasteiger partial charge in [-0.25, -0.2) is 9.37 Å². The Morgan fingerprint density at radius 3 is 2.52 bits per heavy atom. The fourth-order valence-corrected chi connectivity index (χ4v) is 3.09. The lowest BCUT2D eigenvalue weighted by atomic mass is 9.94. The SMILES string of the molecule is Cc1ccc(C=CC(C(=O)OC(C#N)c2cccc(Oc3ccccc3)n2)C(C)C)cc1F. The molecule has 3 aromatic rings. The summed E-state index contributed by atoms with van der Waals surface area (Å²) in [5, 5.41) is 9.63. The average molecular weight is 445 g/mol. The second kappa shape index (κ2) is 11.1. The normalized spacial score (nSPS) is 12.8. The van der Waals surface area contributed by atoms with Gasteiger partial charge in [0.25, 0.3) is 0 Å². The first-order valence-corrected chi connectivity index (χ1v) is 10.6. The molecule has 0 saturated carbocycles. The van der Waals surface area contributed by atoms with Crippen LogP contribution in [-0.2, 0) is 9.53 Å². The summed E-state index contributed by atoms with van der Waals surface area (Å²) in [6, 6.07) is 20.9. The highest BCUT2D eigenvalue weighted by Crippen LogP contribution is 2.25. The number of para-hydroxylation sites is 1. The van der Waals surface area contributed by atoms with E-state index in [1.807, 2.05) is 38.1 Å². The van der Waals surface area contributed by atoms with Crippen molar-refractivity contribution in [3.63, 3.8) is 0 Å². The van der Waals surface area contributed by atoms with Crippen molar-refractivity contribution in [1.82, 2.24) is 4.98 Å². The Bertz CT molecular complexity index is 1170. The third-order valence-corrected chi connectivity index (χ3v) is 5.01. The summed E-state index contributed by atoms with van der Waals surface area (Å²) < 4.78 is 25.0. The second-order valence-corrected chi connectivity index (χ2v) is 7.90. The maximum atomic E-state index is 13.8. The number of nitrogens with zero attached hydrogens (tertiary/aromatic N) is 2. The van der Waals surface area contributed by atoms with E-state index in [9.17, 15) is 14.4 Å². The van der Waals surface area contributed by atoms with Crippen LogP contribution in [0.2, 0.25) is 0 Å². The smallest absolute Gasteiger partial charge is 0.314 e. The Labute approximate surface area is 193 Å². The summed E-state index contributed by atoms with van der Waals surface area (Å²) in [5.74, 6) is -0.689. The predicted molar refractivity (Wildman–Crippen MR) is 124 cm³/mol. The molecule has 0 aliphatic heterocycles. The van der Waals surface area contributed by atoms with Gasteiger partial charge in [0, 0.05) is 6.07 Å². The van der Waals surface area contributed by atoms with Crippen molar-refractivity contribution in [2.75, 3.05) is 0 Å². The molecule has 0 spiro atoms. The monoisotopic (exact) mass is 444 g/mol. The number of benzene rings is 2. The molecule has 1 aromatic heterocycles. The Kier molecular flexibility index (Phi) is 7.93. The Hall–Kier alpha value is -3.98. The summed E-state index contributed by atoms with van der Waals surface area (Å²) in [4.78, 5) is 17.2. The van der Waals surface area contributed by atoms with Crippen LogP contribution in [0.3, 0.4) is 0 Å². The minimum atomic E-state index is -1.19. The third kappa shape index (κ3) is 6.50. The van der Waals surface area contributed by atoms with E-state index in [2.05, 4.69) is 4.98 Å². The van der Waals surface area contributed by atoms with Gasteiger partial charge in [0.1, 0.15) is 17.6 Å². The van der Waals surface area contributed by atoms with E-state index >= 15 is 0 Å². The second-order valence-electron chi connectivity index (χ2n) is 7.90. The molecule has 0 N–H and O–H groups in total. The number of pyridine rings is 1. The number of nitriles is 1. The number of hydrogen-bond donors (Lipinski definition) is 0.